The molecular weight excluding hydrogens is 284 g/mol. The van der Waals surface area contributed by atoms with Crippen molar-refractivity contribution in [2.75, 3.05) is 0 Å². The number of allylic oxidation sites excluding steroid dienone is 1. The number of rotatable bonds is 7. The molecule has 124 valence electrons. The lowest BCUT2D eigenvalue weighted by molar-refractivity contribution is 0.310. The molecule has 4 heteroatoms. The molecule has 0 aromatic carbocycles. The summed E-state index contributed by atoms with van der Waals surface area (Å²) in [5, 5.41) is 8.20. The van der Waals surface area contributed by atoms with Gasteiger partial charge in [-0.05, 0) is 30.4 Å². The van der Waals surface area contributed by atoms with Crippen LogP contribution in [-0.2, 0) is 13.1 Å². The lowest BCUT2D eigenvalue weighted by Gasteiger charge is -2.27. The van der Waals surface area contributed by atoms with E-state index in [1.807, 2.05) is 29.2 Å². The summed E-state index contributed by atoms with van der Waals surface area (Å²) in [7, 11) is 0. The van der Waals surface area contributed by atoms with Gasteiger partial charge < -0.3 is 5.32 Å². The van der Waals surface area contributed by atoms with Crippen molar-refractivity contribution in [3.05, 3.63) is 60.2 Å². The summed E-state index contributed by atoms with van der Waals surface area (Å²) in [6.45, 7) is 14.2. The van der Waals surface area contributed by atoms with Gasteiger partial charge in [0.05, 0.1) is 12.2 Å². The summed E-state index contributed by atoms with van der Waals surface area (Å²) in [4.78, 5) is 4.27. The zero-order chi connectivity index (χ0) is 16.9. The van der Waals surface area contributed by atoms with Gasteiger partial charge in [0.15, 0.2) is 0 Å². The molecule has 2 aromatic rings. The van der Waals surface area contributed by atoms with E-state index in [1.165, 1.54) is 11.1 Å². The van der Waals surface area contributed by atoms with Crippen LogP contribution in [0.2, 0.25) is 0 Å². The van der Waals surface area contributed by atoms with Gasteiger partial charge in [-0.25, -0.2) is 0 Å². The molecule has 0 aliphatic carbocycles. The minimum atomic E-state index is 0.246. The van der Waals surface area contributed by atoms with Crippen molar-refractivity contribution in [1.82, 2.24) is 20.1 Å². The average Bonchev–Trinajstić information content (AvgIpc) is 2.83. The third kappa shape index (κ3) is 5.32. The number of hydrogen-bond donors (Lipinski definition) is 1. The number of hydrogen-bond acceptors (Lipinski definition) is 3. The molecule has 0 spiro atoms. The molecule has 2 heterocycles. The number of pyridine rings is 1. The Bertz CT molecular complexity index is 623. The second-order valence-corrected chi connectivity index (χ2v) is 7.24. The first kappa shape index (κ1) is 17.4. The molecule has 0 saturated heterocycles. The molecule has 0 bridgehead atoms. The first-order valence-electron chi connectivity index (χ1n) is 8.16. The molecule has 23 heavy (non-hydrogen) atoms. The second kappa shape index (κ2) is 7.55. The molecule has 4 nitrogen and oxygen atoms in total. The maximum absolute atomic E-state index is 4.52. The summed E-state index contributed by atoms with van der Waals surface area (Å²) >= 11 is 0. The second-order valence-electron chi connectivity index (χ2n) is 7.24. The van der Waals surface area contributed by atoms with Crippen LogP contribution < -0.4 is 5.32 Å². The highest BCUT2D eigenvalue weighted by Gasteiger charge is 2.20. The van der Waals surface area contributed by atoms with Crippen molar-refractivity contribution >= 4 is 0 Å². The molecule has 0 aliphatic heterocycles. The van der Waals surface area contributed by atoms with Crippen molar-refractivity contribution in [3.63, 3.8) is 0 Å². The van der Waals surface area contributed by atoms with Crippen LogP contribution in [0.3, 0.4) is 0 Å². The molecule has 0 unspecified atom stereocenters. The topological polar surface area (TPSA) is 42.7 Å². The van der Waals surface area contributed by atoms with Crippen molar-refractivity contribution < 1.29 is 0 Å². The number of nitrogens with zero attached hydrogens (tertiary/aromatic N) is 3. The van der Waals surface area contributed by atoms with Gasteiger partial charge in [0.25, 0.3) is 0 Å². The summed E-state index contributed by atoms with van der Waals surface area (Å²) in [5.74, 6) is 0. The zero-order valence-electron chi connectivity index (χ0n) is 14.7. The predicted octanol–water partition coefficient (Wildman–Crippen LogP) is 4.04. The third-order valence-electron chi connectivity index (χ3n) is 3.81. The quantitative estimate of drug-likeness (QED) is 0.785. The van der Waals surface area contributed by atoms with Crippen molar-refractivity contribution in [1.29, 1.82) is 0 Å². The fourth-order valence-corrected chi connectivity index (χ4v) is 2.69. The number of aromatic nitrogens is 3. The molecule has 2 aromatic heterocycles. The van der Waals surface area contributed by atoms with Crippen molar-refractivity contribution in [2.24, 2.45) is 5.41 Å². The van der Waals surface area contributed by atoms with Crippen LogP contribution in [0.4, 0.5) is 0 Å². The van der Waals surface area contributed by atoms with Crippen LogP contribution >= 0.6 is 0 Å². The largest absolute Gasteiger partial charge is 0.306 e. The molecule has 1 N–H and O–H groups in total. The molecule has 0 fully saturated rings. The normalized spacial score (nSPS) is 13.0. The fourth-order valence-electron chi connectivity index (χ4n) is 2.69. The highest BCUT2D eigenvalue weighted by molar-refractivity contribution is 5.18. The van der Waals surface area contributed by atoms with Crippen LogP contribution in [0.25, 0.3) is 0 Å². The monoisotopic (exact) mass is 312 g/mol. The van der Waals surface area contributed by atoms with Crippen LogP contribution in [0, 0.1) is 12.3 Å². The summed E-state index contributed by atoms with van der Waals surface area (Å²) in [6, 6.07) is 4.43. The first-order valence-corrected chi connectivity index (χ1v) is 8.16. The van der Waals surface area contributed by atoms with Gasteiger partial charge in [0.1, 0.15) is 0 Å². The Morgan fingerprint density at radius 1 is 1.39 bits per heavy atom. The standard InChI is InChI=1S/C19H28N4/c1-6-10-23-14-17(15(2)22-23)13-21-18(11-19(3,4)5)16-8-7-9-20-12-16/h6-9,12,14,18,21H,1,10-11,13H2,2-5H3/t18-/m1/s1. The summed E-state index contributed by atoms with van der Waals surface area (Å²) in [6.07, 6.45) is 8.79. The van der Waals surface area contributed by atoms with Crippen LogP contribution in [0.1, 0.15) is 50.1 Å². The van der Waals surface area contributed by atoms with Gasteiger partial charge in [-0.15, -0.1) is 6.58 Å². The predicted molar refractivity (Wildman–Crippen MR) is 95.1 cm³/mol. The Hall–Kier alpha value is -1.94. The van der Waals surface area contributed by atoms with Crippen LogP contribution in [0.5, 0.6) is 0 Å². The molecule has 0 radical (unpaired) electrons. The zero-order valence-corrected chi connectivity index (χ0v) is 14.7. The van der Waals surface area contributed by atoms with E-state index in [4.69, 9.17) is 0 Å². The third-order valence-corrected chi connectivity index (χ3v) is 3.81. The summed E-state index contributed by atoms with van der Waals surface area (Å²) < 4.78 is 1.93. The molecular formula is C19H28N4. The van der Waals surface area contributed by atoms with Crippen molar-refractivity contribution in [3.8, 4) is 0 Å². The van der Waals surface area contributed by atoms with E-state index in [0.29, 0.717) is 0 Å². The van der Waals surface area contributed by atoms with E-state index in [1.54, 1.807) is 0 Å². The maximum Gasteiger partial charge on any atom is 0.0638 e. The lowest BCUT2D eigenvalue weighted by atomic mass is 9.86. The van der Waals surface area contributed by atoms with Crippen LogP contribution in [0.15, 0.2) is 43.4 Å². The van der Waals surface area contributed by atoms with Gasteiger partial charge in [-0.1, -0.05) is 32.9 Å². The minimum absolute atomic E-state index is 0.246. The van der Waals surface area contributed by atoms with Gasteiger partial charge in [0, 0.05) is 36.7 Å². The van der Waals surface area contributed by atoms with E-state index in [-0.39, 0.29) is 11.5 Å². The Morgan fingerprint density at radius 3 is 2.78 bits per heavy atom. The molecule has 0 amide bonds. The van der Waals surface area contributed by atoms with Gasteiger partial charge in [0.2, 0.25) is 0 Å². The van der Waals surface area contributed by atoms with E-state index in [0.717, 1.165) is 25.2 Å². The Balaban J connectivity index is 2.10. The smallest absolute Gasteiger partial charge is 0.0638 e. The Labute approximate surface area is 139 Å². The molecule has 2 rings (SSSR count). The maximum atomic E-state index is 4.52. The Kier molecular flexibility index (Phi) is 5.72. The van der Waals surface area contributed by atoms with E-state index in [2.05, 4.69) is 61.9 Å². The van der Waals surface area contributed by atoms with Gasteiger partial charge in [-0.3, -0.25) is 9.67 Å². The van der Waals surface area contributed by atoms with Gasteiger partial charge in [-0.2, -0.15) is 5.10 Å². The average molecular weight is 312 g/mol. The van der Waals surface area contributed by atoms with E-state index in [9.17, 15) is 0 Å². The van der Waals surface area contributed by atoms with Gasteiger partial charge >= 0.3 is 0 Å². The Morgan fingerprint density at radius 2 is 2.17 bits per heavy atom. The minimum Gasteiger partial charge on any atom is -0.306 e. The molecule has 1 atom stereocenters. The number of nitrogens with one attached hydrogen (secondary N) is 1. The number of aryl methyl sites for hydroxylation is 1. The highest BCUT2D eigenvalue weighted by Crippen LogP contribution is 2.29. The van der Waals surface area contributed by atoms with E-state index < -0.39 is 0 Å². The highest BCUT2D eigenvalue weighted by atomic mass is 15.3. The SMILES string of the molecule is C=CCn1cc(CN[C@H](CC(C)(C)C)c2cccnc2)c(C)n1. The lowest BCUT2D eigenvalue weighted by Crippen LogP contribution is -2.25. The fraction of sp³-hybridized carbons (Fsp3) is 0.474. The molecule has 0 aliphatic rings. The molecule has 0 saturated carbocycles. The first-order chi connectivity index (χ1) is 10.9. The summed E-state index contributed by atoms with van der Waals surface area (Å²) in [5.41, 5.74) is 3.78. The van der Waals surface area contributed by atoms with Crippen LogP contribution in [-0.4, -0.2) is 14.8 Å². The van der Waals surface area contributed by atoms with E-state index >= 15 is 0 Å². The van der Waals surface area contributed by atoms with Crippen molar-refractivity contribution in [2.45, 2.75) is 53.2 Å².